The van der Waals surface area contributed by atoms with Gasteiger partial charge in [0.1, 0.15) is 5.75 Å². The molecule has 0 aromatic heterocycles. The first-order valence-electron chi connectivity index (χ1n) is 7.62. The summed E-state index contributed by atoms with van der Waals surface area (Å²) in [5.74, 6) is 0.538. The lowest BCUT2D eigenvalue weighted by Crippen LogP contribution is -2.39. The normalized spacial score (nSPS) is 20.0. The zero-order chi connectivity index (χ0) is 17.3. The number of thioether (sulfide) groups is 1. The number of amides is 1. The van der Waals surface area contributed by atoms with Crippen molar-refractivity contribution in [2.75, 3.05) is 19.5 Å². The molecular weight excluding hydrogens is 328 g/mol. The Kier molecular flexibility index (Phi) is 4.62. The van der Waals surface area contributed by atoms with E-state index in [0.717, 1.165) is 5.56 Å². The van der Waals surface area contributed by atoms with E-state index in [4.69, 9.17) is 9.47 Å². The number of carbonyl (C=O) groups excluding carboxylic acids is 2. The predicted octanol–water partition coefficient (Wildman–Crippen LogP) is 2.52. The topological polar surface area (TPSA) is 68.2 Å². The van der Waals surface area contributed by atoms with Crippen LogP contribution in [-0.4, -0.2) is 41.4 Å². The van der Waals surface area contributed by atoms with Gasteiger partial charge in [-0.1, -0.05) is 23.9 Å². The molecule has 126 valence electrons. The van der Waals surface area contributed by atoms with Gasteiger partial charge in [0.15, 0.2) is 5.17 Å². The number of fused-ring (bicyclic) bond motifs is 1. The zero-order valence-corrected chi connectivity index (χ0v) is 14.6. The third kappa shape index (κ3) is 2.80. The Morgan fingerprint density at radius 3 is 2.71 bits per heavy atom. The van der Waals surface area contributed by atoms with Gasteiger partial charge < -0.3 is 9.47 Å². The number of amidine groups is 1. The second kappa shape index (κ2) is 6.68. The minimum absolute atomic E-state index is 0.0612. The number of carbonyl (C=O) groups is 2. The van der Waals surface area contributed by atoms with Gasteiger partial charge in [-0.3, -0.25) is 9.69 Å². The molecule has 1 saturated heterocycles. The Morgan fingerprint density at radius 1 is 1.38 bits per heavy atom. The van der Waals surface area contributed by atoms with Crippen LogP contribution in [0, 0.1) is 0 Å². The van der Waals surface area contributed by atoms with Crippen LogP contribution in [0.2, 0.25) is 0 Å². The van der Waals surface area contributed by atoms with Crippen molar-refractivity contribution in [2.24, 2.45) is 4.99 Å². The molecule has 7 heteroatoms. The van der Waals surface area contributed by atoms with E-state index in [9.17, 15) is 9.59 Å². The number of benzene rings is 1. The van der Waals surface area contributed by atoms with Gasteiger partial charge in [-0.15, -0.1) is 0 Å². The summed E-state index contributed by atoms with van der Waals surface area (Å²) >= 11 is 1.39. The lowest BCUT2D eigenvalue weighted by atomic mass is 9.94. The molecular formula is C17H18N2O4S. The van der Waals surface area contributed by atoms with E-state index in [0.29, 0.717) is 27.9 Å². The minimum Gasteiger partial charge on any atom is -0.497 e. The van der Waals surface area contributed by atoms with E-state index in [1.54, 1.807) is 25.9 Å². The van der Waals surface area contributed by atoms with Crippen molar-refractivity contribution in [1.82, 2.24) is 4.90 Å². The Labute approximate surface area is 144 Å². The molecule has 1 aromatic carbocycles. The van der Waals surface area contributed by atoms with Crippen LogP contribution < -0.4 is 4.74 Å². The number of nitrogens with zero attached hydrogens (tertiary/aromatic N) is 2. The van der Waals surface area contributed by atoms with Crippen LogP contribution in [0.15, 0.2) is 40.5 Å². The smallest absolute Gasteiger partial charge is 0.338 e. The van der Waals surface area contributed by atoms with Gasteiger partial charge in [-0.05, 0) is 31.5 Å². The number of hydrogen-bond acceptors (Lipinski definition) is 6. The van der Waals surface area contributed by atoms with E-state index < -0.39 is 12.0 Å². The SMILES string of the molecule is CCOC(=O)C1=C(C)N=C2SCC(=O)N2[C@@H]1c1ccc(OC)cc1. The van der Waals surface area contributed by atoms with Gasteiger partial charge in [-0.25, -0.2) is 9.79 Å². The number of rotatable bonds is 4. The molecule has 0 radical (unpaired) electrons. The third-order valence-electron chi connectivity index (χ3n) is 3.91. The van der Waals surface area contributed by atoms with E-state index in [1.165, 1.54) is 11.8 Å². The van der Waals surface area contributed by atoms with Gasteiger partial charge in [0, 0.05) is 0 Å². The monoisotopic (exact) mass is 346 g/mol. The number of esters is 1. The summed E-state index contributed by atoms with van der Waals surface area (Å²) in [4.78, 5) is 30.9. The summed E-state index contributed by atoms with van der Waals surface area (Å²) in [5.41, 5.74) is 1.81. The van der Waals surface area contributed by atoms with Crippen LogP contribution in [0.3, 0.4) is 0 Å². The predicted molar refractivity (Wildman–Crippen MR) is 91.8 cm³/mol. The molecule has 2 aliphatic heterocycles. The number of methoxy groups -OCH3 is 1. The maximum atomic E-state index is 12.5. The van der Waals surface area contributed by atoms with E-state index >= 15 is 0 Å². The molecule has 1 fully saturated rings. The van der Waals surface area contributed by atoms with Gasteiger partial charge in [0.2, 0.25) is 5.91 Å². The number of aliphatic imine (C=N–C) groups is 1. The molecule has 0 saturated carbocycles. The largest absolute Gasteiger partial charge is 0.497 e. The Hall–Kier alpha value is -2.28. The van der Waals surface area contributed by atoms with Crippen molar-refractivity contribution < 1.29 is 19.1 Å². The fourth-order valence-corrected chi connectivity index (χ4v) is 3.75. The first kappa shape index (κ1) is 16.6. The van der Waals surface area contributed by atoms with Gasteiger partial charge in [-0.2, -0.15) is 0 Å². The van der Waals surface area contributed by atoms with Gasteiger partial charge in [0.05, 0.1) is 36.8 Å². The number of hydrogen-bond donors (Lipinski definition) is 0. The highest BCUT2D eigenvalue weighted by molar-refractivity contribution is 8.15. The van der Waals surface area contributed by atoms with E-state index in [-0.39, 0.29) is 12.5 Å². The summed E-state index contributed by atoms with van der Waals surface area (Å²) in [6.45, 7) is 3.80. The fourth-order valence-electron chi connectivity index (χ4n) is 2.81. The highest BCUT2D eigenvalue weighted by Gasteiger charge is 2.43. The van der Waals surface area contributed by atoms with Crippen LogP contribution in [0.4, 0.5) is 0 Å². The molecule has 1 aromatic rings. The standard InChI is InChI=1S/C17H18N2O4S/c1-4-23-16(21)14-10(2)18-17-19(13(20)9-24-17)15(14)11-5-7-12(22-3)8-6-11/h5-8,15H,4,9H2,1-3H3/t15-/m1/s1. The lowest BCUT2D eigenvalue weighted by Gasteiger charge is -2.32. The first-order chi connectivity index (χ1) is 11.6. The van der Waals surface area contributed by atoms with E-state index in [2.05, 4.69) is 4.99 Å². The average molecular weight is 346 g/mol. The number of allylic oxidation sites excluding steroid dienone is 1. The molecule has 0 spiro atoms. The summed E-state index contributed by atoms with van der Waals surface area (Å²) < 4.78 is 10.4. The molecule has 6 nitrogen and oxygen atoms in total. The Morgan fingerprint density at radius 2 is 2.08 bits per heavy atom. The van der Waals surface area contributed by atoms with Crippen LogP contribution in [0.5, 0.6) is 5.75 Å². The second-order valence-electron chi connectivity index (χ2n) is 5.34. The highest BCUT2D eigenvalue weighted by Crippen LogP contribution is 2.41. The quantitative estimate of drug-likeness (QED) is 0.784. The average Bonchev–Trinajstić information content (AvgIpc) is 2.94. The fraction of sp³-hybridized carbons (Fsp3) is 0.353. The molecule has 2 heterocycles. The summed E-state index contributed by atoms with van der Waals surface area (Å²) in [7, 11) is 1.59. The van der Waals surface area contributed by atoms with Crippen molar-refractivity contribution in [3.8, 4) is 5.75 Å². The molecule has 3 rings (SSSR count). The minimum atomic E-state index is -0.523. The van der Waals surface area contributed by atoms with Crippen molar-refractivity contribution in [3.05, 3.63) is 41.1 Å². The summed E-state index contributed by atoms with van der Waals surface area (Å²) in [6, 6.07) is 6.81. The molecule has 2 aliphatic rings. The molecule has 0 aliphatic carbocycles. The second-order valence-corrected chi connectivity index (χ2v) is 6.28. The Bertz CT molecular complexity index is 739. The number of ether oxygens (including phenoxy) is 2. The van der Waals surface area contributed by atoms with Crippen molar-refractivity contribution in [1.29, 1.82) is 0 Å². The lowest BCUT2D eigenvalue weighted by molar-refractivity contribution is -0.139. The van der Waals surface area contributed by atoms with Crippen LogP contribution >= 0.6 is 11.8 Å². The first-order valence-corrected chi connectivity index (χ1v) is 8.60. The van der Waals surface area contributed by atoms with Crippen molar-refractivity contribution >= 4 is 28.8 Å². The molecule has 1 amide bonds. The summed E-state index contributed by atoms with van der Waals surface area (Å²) in [6.07, 6.45) is 0. The Balaban J connectivity index is 2.10. The molecule has 1 atom stereocenters. The van der Waals surface area contributed by atoms with E-state index in [1.807, 2.05) is 24.3 Å². The molecule has 0 bridgehead atoms. The maximum Gasteiger partial charge on any atom is 0.338 e. The zero-order valence-electron chi connectivity index (χ0n) is 13.7. The third-order valence-corrected chi connectivity index (χ3v) is 4.85. The van der Waals surface area contributed by atoms with Crippen molar-refractivity contribution in [2.45, 2.75) is 19.9 Å². The maximum absolute atomic E-state index is 12.5. The van der Waals surface area contributed by atoms with Crippen LogP contribution in [0.1, 0.15) is 25.5 Å². The van der Waals surface area contributed by atoms with Crippen LogP contribution in [0.25, 0.3) is 0 Å². The van der Waals surface area contributed by atoms with Gasteiger partial charge in [0.25, 0.3) is 0 Å². The van der Waals surface area contributed by atoms with Crippen LogP contribution in [-0.2, 0) is 14.3 Å². The molecule has 0 N–H and O–H groups in total. The molecule has 0 unspecified atom stereocenters. The summed E-state index contributed by atoms with van der Waals surface area (Å²) in [5, 5.41) is 0.631. The molecule has 24 heavy (non-hydrogen) atoms. The van der Waals surface area contributed by atoms with Crippen molar-refractivity contribution in [3.63, 3.8) is 0 Å². The highest BCUT2D eigenvalue weighted by atomic mass is 32.2. The van der Waals surface area contributed by atoms with Gasteiger partial charge >= 0.3 is 5.97 Å².